The van der Waals surface area contributed by atoms with Crippen LogP contribution in [0.4, 0.5) is 0 Å². The maximum Gasteiger partial charge on any atom is 0.170 e. The van der Waals surface area contributed by atoms with E-state index in [2.05, 4.69) is 25.8 Å². The molecule has 2 atom stereocenters. The number of aromatic nitrogens is 2. The number of aromatic hydroxyl groups is 1. The van der Waals surface area contributed by atoms with Gasteiger partial charge in [0.15, 0.2) is 5.11 Å². The van der Waals surface area contributed by atoms with Crippen LogP contribution in [0.25, 0.3) is 5.69 Å². The van der Waals surface area contributed by atoms with Crippen molar-refractivity contribution in [3.63, 3.8) is 0 Å². The molecule has 28 heavy (non-hydrogen) atoms. The Morgan fingerprint density at radius 3 is 2.68 bits per heavy atom. The van der Waals surface area contributed by atoms with E-state index in [1.807, 2.05) is 42.6 Å². The normalized spacial score (nSPS) is 19.0. The van der Waals surface area contributed by atoms with E-state index in [1.54, 1.807) is 25.4 Å². The summed E-state index contributed by atoms with van der Waals surface area (Å²) in [6.07, 6.45) is 3.82. The third-order valence-electron chi connectivity index (χ3n) is 4.95. The number of hydrogen-bond donors (Lipinski definition) is 2. The van der Waals surface area contributed by atoms with Crippen LogP contribution in [-0.4, -0.2) is 44.9 Å². The van der Waals surface area contributed by atoms with Gasteiger partial charge in [-0.3, -0.25) is 4.98 Å². The van der Waals surface area contributed by atoms with E-state index in [4.69, 9.17) is 17.0 Å². The lowest BCUT2D eigenvalue weighted by molar-refractivity contribution is 0.163. The van der Waals surface area contributed by atoms with Crippen molar-refractivity contribution in [2.24, 2.45) is 0 Å². The summed E-state index contributed by atoms with van der Waals surface area (Å²) in [5.74, 6) is 0.245. The molecule has 0 saturated carbocycles. The average molecular weight is 395 g/mol. The van der Waals surface area contributed by atoms with Gasteiger partial charge in [-0.15, -0.1) is 0 Å². The number of ether oxygens (including phenoxy) is 1. The lowest BCUT2D eigenvalue weighted by Crippen LogP contribution is -2.33. The Balaban J connectivity index is 1.78. The Kier molecular flexibility index (Phi) is 5.27. The number of rotatable bonds is 6. The monoisotopic (exact) mass is 394 g/mol. The van der Waals surface area contributed by atoms with Gasteiger partial charge in [0.25, 0.3) is 0 Å². The van der Waals surface area contributed by atoms with E-state index in [1.165, 1.54) is 0 Å². The number of benzene rings is 1. The first-order valence-corrected chi connectivity index (χ1v) is 9.53. The first-order chi connectivity index (χ1) is 13.7. The fourth-order valence-corrected chi connectivity index (χ4v) is 3.97. The van der Waals surface area contributed by atoms with Gasteiger partial charge >= 0.3 is 0 Å². The van der Waals surface area contributed by atoms with Gasteiger partial charge in [-0.25, -0.2) is 0 Å². The smallest absolute Gasteiger partial charge is 0.170 e. The maximum atomic E-state index is 9.63. The molecule has 6 nitrogen and oxygen atoms in total. The predicted molar refractivity (Wildman–Crippen MR) is 111 cm³/mol. The molecule has 1 fully saturated rings. The van der Waals surface area contributed by atoms with Crippen LogP contribution in [0.5, 0.6) is 5.75 Å². The molecule has 0 unspecified atom stereocenters. The van der Waals surface area contributed by atoms with E-state index >= 15 is 0 Å². The van der Waals surface area contributed by atoms with Crippen molar-refractivity contribution in [1.82, 2.24) is 19.8 Å². The topological polar surface area (TPSA) is 62.5 Å². The summed E-state index contributed by atoms with van der Waals surface area (Å²) >= 11 is 5.65. The number of phenolic OH excluding ortho intramolecular Hbond substituents is 1. The Labute approximate surface area is 169 Å². The highest BCUT2D eigenvalue weighted by Crippen LogP contribution is 2.39. The largest absolute Gasteiger partial charge is 0.508 e. The zero-order valence-corrected chi connectivity index (χ0v) is 16.3. The molecule has 1 aromatic carbocycles. The molecule has 3 heterocycles. The molecular weight excluding hydrogens is 372 g/mol. The molecule has 0 radical (unpaired) electrons. The van der Waals surface area contributed by atoms with Gasteiger partial charge in [-0.05, 0) is 60.7 Å². The highest BCUT2D eigenvalue weighted by Gasteiger charge is 2.40. The van der Waals surface area contributed by atoms with Crippen LogP contribution < -0.4 is 5.32 Å². The number of thiocarbonyl (C=S) groups is 1. The lowest BCUT2D eigenvalue weighted by atomic mass is 10.0. The van der Waals surface area contributed by atoms with Gasteiger partial charge in [-0.2, -0.15) is 0 Å². The standard InChI is InChI=1S/C21H22N4O2S/c1-27-14-13-25-20(19(23-21(25)28)17-5-2-3-11-22-17)18-6-4-12-24(18)15-7-9-16(26)10-8-15/h2-12,19-20,26H,13-14H2,1H3,(H,23,28)/t19-,20+/m1/s1. The minimum Gasteiger partial charge on any atom is -0.508 e. The summed E-state index contributed by atoms with van der Waals surface area (Å²) in [5, 5.41) is 13.8. The van der Waals surface area contributed by atoms with Crippen molar-refractivity contribution in [2.45, 2.75) is 12.1 Å². The fourth-order valence-electron chi connectivity index (χ4n) is 3.64. The van der Waals surface area contributed by atoms with Crippen molar-refractivity contribution >= 4 is 17.3 Å². The summed E-state index contributed by atoms with van der Waals surface area (Å²) in [4.78, 5) is 6.72. The van der Waals surface area contributed by atoms with Crippen molar-refractivity contribution < 1.29 is 9.84 Å². The van der Waals surface area contributed by atoms with E-state index < -0.39 is 0 Å². The molecular formula is C21H22N4O2S. The molecule has 1 saturated heterocycles. The van der Waals surface area contributed by atoms with Crippen LogP contribution in [0.15, 0.2) is 67.0 Å². The summed E-state index contributed by atoms with van der Waals surface area (Å²) in [6.45, 7) is 1.25. The summed E-state index contributed by atoms with van der Waals surface area (Å²) < 4.78 is 7.43. The van der Waals surface area contributed by atoms with Gasteiger partial charge < -0.3 is 24.6 Å². The van der Waals surface area contributed by atoms with Crippen LogP contribution in [-0.2, 0) is 4.74 Å². The Hall–Kier alpha value is -2.90. The van der Waals surface area contributed by atoms with Crippen LogP contribution in [0, 0.1) is 0 Å². The van der Waals surface area contributed by atoms with Gasteiger partial charge in [0.05, 0.1) is 24.4 Å². The molecule has 0 amide bonds. The second kappa shape index (κ2) is 8.00. The molecule has 1 aliphatic heterocycles. The first kappa shape index (κ1) is 18.5. The van der Waals surface area contributed by atoms with Crippen molar-refractivity contribution in [3.8, 4) is 11.4 Å². The van der Waals surface area contributed by atoms with Crippen molar-refractivity contribution in [3.05, 3.63) is 78.4 Å². The Bertz CT molecular complexity index is 943. The summed E-state index contributed by atoms with van der Waals surface area (Å²) in [7, 11) is 1.69. The minimum atomic E-state index is -0.0729. The molecule has 7 heteroatoms. The lowest BCUT2D eigenvalue weighted by Gasteiger charge is -2.28. The molecule has 144 valence electrons. The molecule has 0 spiro atoms. The van der Waals surface area contributed by atoms with Gasteiger partial charge in [0.1, 0.15) is 5.75 Å². The third-order valence-corrected chi connectivity index (χ3v) is 5.30. The van der Waals surface area contributed by atoms with Gasteiger partial charge in [0.2, 0.25) is 0 Å². The summed E-state index contributed by atoms with van der Waals surface area (Å²) in [5.41, 5.74) is 3.00. The third kappa shape index (κ3) is 3.46. The van der Waals surface area contributed by atoms with E-state index in [-0.39, 0.29) is 17.8 Å². The van der Waals surface area contributed by atoms with Crippen molar-refractivity contribution in [1.29, 1.82) is 0 Å². The molecule has 3 aromatic rings. The quantitative estimate of drug-likeness (QED) is 0.626. The zero-order valence-electron chi connectivity index (χ0n) is 15.5. The van der Waals surface area contributed by atoms with Crippen LogP contribution in [0.3, 0.4) is 0 Å². The molecule has 4 rings (SSSR count). The van der Waals surface area contributed by atoms with Crippen molar-refractivity contribution in [2.75, 3.05) is 20.3 Å². The number of nitrogens with one attached hydrogen (secondary N) is 1. The molecule has 2 N–H and O–H groups in total. The highest BCUT2D eigenvalue weighted by molar-refractivity contribution is 7.80. The van der Waals surface area contributed by atoms with Crippen LogP contribution in [0.2, 0.25) is 0 Å². The maximum absolute atomic E-state index is 9.63. The van der Waals surface area contributed by atoms with Crippen LogP contribution >= 0.6 is 12.2 Å². The second-order valence-electron chi connectivity index (χ2n) is 6.63. The number of nitrogens with zero attached hydrogens (tertiary/aromatic N) is 3. The SMILES string of the molecule is COCCN1C(=S)N[C@H](c2ccccn2)[C@@H]1c1cccn1-c1ccc(O)cc1. The zero-order chi connectivity index (χ0) is 19.5. The van der Waals surface area contributed by atoms with E-state index in [0.717, 1.165) is 17.1 Å². The van der Waals surface area contributed by atoms with E-state index in [0.29, 0.717) is 18.3 Å². The summed E-state index contributed by atoms with van der Waals surface area (Å²) in [6, 6.07) is 17.1. The fraction of sp³-hybridized carbons (Fsp3) is 0.238. The van der Waals surface area contributed by atoms with E-state index in [9.17, 15) is 5.11 Å². The predicted octanol–water partition coefficient (Wildman–Crippen LogP) is 3.20. The molecule has 1 aliphatic rings. The Morgan fingerprint density at radius 1 is 1.14 bits per heavy atom. The average Bonchev–Trinajstić information content (AvgIpc) is 3.32. The van der Waals surface area contributed by atoms with Gasteiger partial charge in [-0.1, -0.05) is 6.07 Å². The number of methoxy groups -OCH3 is 1. The first-order valence-electron chi connectivity index (χ1n) is 9.12. The second-order valence-corrected chi connectivity index (χ2v) is 7.02. The molecule has 0 bridgehead atoms. The number of pyridine rings is 1. The Morgan fingerprint density at radius 2 is 1.96 bits per heavy atom. The van der Waals surface area contributed by atoms with Gasteiger partial charge in [0, 0.05) is 37.4 Å². The number of phenols is 1. The highest BCUT2D eigenvalue weighted by atomic mass is 32.1. The minimum absolute atomic E-state index is 0.0404. The number of hydrogen-bond acceptors (Lipinski definition) is 4. The molecule has 0 aliphatic carbocycles. The molecule has 2 aromatic heterocycles. The van der Waals surface area contributed by atoms with Crippen LogP contribution in [0.1, 0.15) is 23.5 Å².